The molecule has 0 bridgehead atoms. The fourth-order valence-corrected chi connectivity index (χ4v) is 2.41. The van der Waals surface area contributed by atoms with Crippen molar-refractivity contribution in [3.05, 3.63) is 0 Å². The molecule has 1 fully saturated rings. The van der Waals surface area contributed by atoms with Crippen LogP contribution < -0.4 is 5.73 Å². The van der Waals surface area contributed by atoms with Crippen molar-refractivity contribution < 1.29 is 14.2 Å². The Kier molecular flexibility index (Phi) is 4.31. The lowest BCUT2D eigenvalue weighted by Gasteiger charge is -2.21. The average molecular weight is 211 g/mol. The lowest BCUT2D eigenvalue weighted by molar-refractivity contribution is 0.0560. The van der Waals surface area contributed by atoms with E-state index in [1.54, 1.807) is 0 Å². The Morgan fingerprint density at radius 3 is 2.33 bits per heavy atom. The lowest BCUT2D eigenvalue weighted by atomic mass is 10.1. The molecule has 6 heteroatoms. The molecule has 2 unspecified atom stereocenters. The van der Waals surface area contributed by atoms with Gasteiger partial charge in [0, 0.05) is 37.5 Å². The number of rotatable bonds is 3. The van der Waals surface area contributed by atoms with E-state index < -0.39 is 0 Å². The van der Waals surface area contributed by atoms with Crippen molar-refractivity contribution in [3.8, 4) is 0 Å². The summed E-state index contributed by atoms with van der Waals surface area (Å²) in [5, 5.41) is 8.99. The summed E-state index contributed by atoms with van der Waals surface area (Å²) < 4.78 is 10.2. The SMILES string of the molecule is N[C@@H]1C[C@H](CO)[C@@H](OP)[C@H]1OP. The van der Waals surface area contributed by atoms with Gasteiger partial charge < -0.3 is 19.9 Å². The van der Waals surface area contributed by atoms with Crippen LogP contribution in [0.15, 0.2) is 0 Å². The smallest absolute Gasteiger partial charge is 0.103 e. The van der Waals surface area contributed by atoms with Crippen LogP contribution in [0.4, 0.5) is 0 Å². The molecule has 1 saturated carbocycles. The molecule has 0 heterocycles. The summed E-state index contributed by atoms with van der Waals surface area (Å²) in [6.45, 7) is 0.0945. The average Bonchev–Trinajstić information content (AvgIpc) is 2.40. The van der Waals surface area contributed by atoms with E-state index >= 15 is 0 Å². The van der Waals surface area contributed by atoms with E-state index in [4.69, 9.17) is 19.9 Å². The van der Waals surface area contributed by atoms with E-state index in [9.17, 15) is 0 Å². The molecule has 4 nitrogen and oxygen atoms in total. The molecule has 12 heavy (non-hydrogen) atoms. The van der Waals surface area contributed by atoms with E-state index in [1.807, 2.05) is 0 Å². The van der Waals surface area contributed by atoms with Gasteiger partial charge in [0.15, 0.2) is 0 Å². The van der Waals surface area contributed by atoms with Crippen LogP contribution >= 0.6 is 18.9 Å². The summed E-state index contributed by atoms with van der Waals surface area (Å²) >= 11 is 0. The minimum Gasteiger partial charge on any atom is -0.396 e. The first-order valence-corrected chi connectivity index (χ1v) is 4.76. The molecule has 0 radical (unpaired) electrons. The third-order valence-corrected chi connectivity index (χ3v) is 2.96. The van der Waals surface area contributed by atoms with Crippen LogP contribution in [0.25, 0.3) is 0 Å². The first-order chi connectivity index (χ1) is 5.74. The third kappa shape index (κ3) is 1.95. The van der Waals surface area contributed by atoms with Gasteiger partial charge in [0.05, 0.1) is 6.10 Å². The summed E-state index contributed by atoms with van der Waals surface area (Å²) in [6, 6.07) is -0.0507. The Bertz CT molecular complexity index is 149. The first-order valence-electron chi connectivity index (χ1n) is 3.82. The summed E-state index contributed by atoms with van der Waals surface area (Å²) in [6.07, 6.45) is 0.492. The van der Waals surface area contributed by atoms with Gasteiger partial charge in [-0.2, -0.15) is 0 Å². The minimum atomic E-state index is -0.135. The molecule has 6 atom stereocenters. The maximum absolute atomic E-state index is 8.99. The molecule has 1 rings (SSSR count). The summed E-state index contributed by atoms with van der Waals surface area (Å²) in [7, 11) is 4.38. The molecule has 3 N–H and O–H groups in total. The van der Waals surface area contributed by atoms with Crippen LogP contribution in [0.1, 0.15) is 6.42 Å². The Balaban J connectivity index is 2.61. The molecular formula is C6H15NO3P2. The van der Waals surface area contributed by atoms with E-state index in [0.29, 0.717) is 0 Å². The van der Waals surface area contributed by atoms with E-state index in [0.717, 1.165) is 6.42 Å². The summed E-state index contributed by atoms with van der Waals surface area (Å²) in [4.78, 5) is 0. The fraction of sp³-hybridized carbons (Fsp3) is 1.00. The van der Waals surface area contributed by atoms with E-state index in [-0.39, 0.29) is 30.8 Å². The zero-order valence-electron chi connectivity index (χ0n) is 6.72. The van der Waals surface area contributed by atoms with Crippen LogP contribution in [0.3, 0.4) is 0 Å². The zero-order valence-corrected chi connectivity index (χ0v) is 9.03. The highest BCUT2D eigenvalue weighted by molar-refractivity contribution is 7.10. The molecule has 0 spiro atoms. The topological polar surface area (TPSA) is 64.7 Å². The second-order valence-corrected chi connectivity index (χ2v) is 3.59. The third-order valence-electron chi connectivity index (χ3n) is 2.33. The number of aliphatic hydroxyl groups is 1. The van der Waals surface area contributed by atoms with Crippen molar-refractivity contribution in [2.24, 2.45) is 11.7 Å². The quantitative estimate of drug-likeness (QED) is 0.628. The maximum atomic E-state index is 8.99. The van der Waals surface area contributed by atoms with Gasteiger partial charge in [0.2, 0.25) is 0 Å². The van der Waals surface area contributed by atoms with Gasteiger partial charge in [-0.1, -0.05) is 0 Å². The highest BCUT2D eigenvalue weighted by Gasteiger charge is 2.41. The number of aliphatic hydroxyl groups excluding tert-OH is 1. The van der Waals surface area contributed by atoms with Gasteiger partial charge in [-0.15, -0.1) is 0 Å². The van der Waals surface area contributed by atoms with Gasteiger partial charge in [0.1, 0.15) is 6.10 Å². The van der Waals surface area contributed by atoms with Crippen molar-refractivity contribution in [1.82, 2.24) is 0 Å². The van der Waals surface area contributed by atoms with Crippen LogP contribution in [0, 0.1) is 5.92 Å². The summed E-state index contributed by atoms with van der Waals surface area (Å²) in [5.74, 6) is 0.0862. The first kappa shape index (κ1) is 10.8. The Hall–Kier alpha value is 0.700. The Labute approximate surface area is 76.8 Å². The maximum Gasteiger partial charge on any atom is 0.103 e. The second kappa shape index (κ2) is 4.80. The number of hydrogen-bond donors (Lipinski definition) is 2. The van der Waals surface area contributed by atoms with Gasteiger partial charge in [-0.3, -0.25) is 0 Å². The lowest BCUT2D eigenvalue weighted by Crippen LogP contribution is -2.36. The molecule has 0 aliphatic heterocycles. The molecule has 0 amide bonds. The normalized spacial score (nSPS) is 42.0. The Morgan fingerprint density at radius 2 is 1.92 bits per heavy atom. The van der Waals surface area contributed by atoms with Crippen molar-refractivity contribution in [1.29, 1.82) is 0 Å². The van der Waals surface area contributed by atoms with Crippen molar-refractivity contribution >= 4 is 18.9 Å². The highest BCUT2D eigenvalue weighted by Crippen LogP contribution is 2.32. The summed E-state index contributed by atoms with van der Waals surface area (Å²) in [5.41, 5.74) is 5.78. The van der Waals surface area contributed by atoms with Crippen LogP contribution in [0.5, 0.6) is 0 Å². The number of nitrogens with two attached hydrogens (primary N) is 1. The predicted octanol–water partition coefficient (Wildman–Crippen LogP) is -0.324. The fourth-order valence-electron chi connectivity index (χ4n) is 1.68. The monoisotopic (exact) mass is 211 g/mol. The Morgan fingerprint density at radius 1 is 1.33 bits per heavy atom. The van der Waals surface area contributed by atoms with E-state index in [2.05, 4.69) is 18.9 Å². The van der Waals surface area contributed by atoms with Crippen LogP contribution in [-0.2, 0) is 9.05 Å². The molecule has 72 valence electrons. The van der Waals surface area contributed by atoms with Gasteiger partial charge in [-0.25, -0.2) is 0 Å². The molecule has 0 aromatic heterocycles. The number of hydrogen-bond acceptors (Lipinski definition) is 4. The van der Waals surface area contributed by atoms with Gasteiger partial charge >= 0.3 is 0 Å². The molecular weight excluding hydrogens is 196 g/mol. The van der Waals surface area contributed by atoms with Crippen molar-refractivity contribution in [3.63, 3.8) is 0 Å². The van der Waals surface area contributed by atoms with Crippen molar-refractivity contribution in [2.45, 2.75) is 24.7 Å². The second-order valence-electron chi connectivity index (χ2n) is 3.04. The standard InChI is InChI=1S/C6H15NO3P2/c7-4-1-3(2-8)5(9-11)6(4)10-12/h3-6,8H,1-2,7,11-12H2/t3-,4-,5-,6+/m1/s1. The minimum absolute atomic E-state index is 0.0507. The highest BCUT2D eigenvalue weighted by atomic mass is 31.0. The van der Waals surface area contributed by atoms with Gasteiger partial charge in [-0.05, 0) is 6.42 Å². The van der Waals surface area contributed by atoms with E-state index in [1.165, 1.54) is 0 Å². The molecule has 1 aliphatic rings. The van der Waals surface area contributed by atoms with Crippen molar-refractivity contribution in [2.75, 3.05) is 6.61 Å². The van der Waals surface area contributed by atoms with Crippen LogP contribution in [0.2, 0.25) is 0 Å². The zero-order chi connectivity index (χ0) is 9.14. The van der Waals surface area contributed by atoms with Crippen LogP contribution in [-0.4, -0.2) is 30.0 Å². The molecule has 0 aromatic rings. The predicted molar refractivity (Wildman–Crippen MR) is 52.3 cm³/mol. The molecule has 1 aliphatic carbocycles. The molecule has 0 aromatic carbocycles. The molecule has 0 saturated heterocycles. The van der Waals surface area contributed by atoms with Gasteiger partial charge in [0.25, 0.3) is 0 Å². The largest absolute Gasteiger partial charge is 0.396 e.